The molecule has 7 rings (SSSR count). The van der Waals surface area contributed by atoms with Crippen LogP contribution in [0.2, 0.25) is 10.0 Å². The third-order valence-electron chi connectivity index (χ3n) is 12.5. The Morgan fingerprint density at radius 1 is 0.910 bits per heavy atom. The highest BCUT2D eigenvalue weighted by atomic mass is 35.5. The molecule has 1 aromatic heterocycles. The zero-order valence-electron chi connectivity index (χ0n) is 38.4. The molecule has 0 saturated carbocycles. The lowest BCUT2D eigenvalue weighted by Gasteiger charge is -2.45. The molecule has 0 radical (unpaired) electrons. The molecule has 4 unspecified atom stereocenters. The van der Waals surface area contributed by atoms with Crippen LogP contribution in [0.3, 0.4) is 0 Å². The van der Waals surface area contributed by atoms with Gasteiger partial charge in [0.2, 0.25) is 23.6 Å². The predicted octanol–water partition coefficient (Wildman–Crippen LogP) is 7.42. The topological polar surface area (TPSA) is 138 Å². The number of carbonyl (C=O) groups is 4. The van der Waals surface area contributed by atoms with Gasteiger partial charge in [-0.05, 0) is 99.4 Å². The minimum absolute atomic E-state index is 0.160. The molecule has 2 fully saturated rings. The third-order valence-corrected chi connectivity index (χ3v) is 13.0. The Labute approximate surface area is 401 Å². The molecule has 4 amide bonds. The van der Waals surface area contributed by atoms with Gasteiger partial charge in [0, 0.05) is 61.3 Å². The van der Waals surface area contributed by atoms with Crippen molar-refractivity contribution in [1.82, 2.24) is 34.9 Å². The van der Waals surface area contributed by atoms with Crippen LogP contribution in [0.1, 0.15) is 48.2 Å². The number of nitrogens with zero attached hydrogens (tertiary/aromatic N) is 5. The minimum atomic E-state index is -1.40. The highest BCUT2D eigenvalue weighted by Crippen LogP contribution is 2.34. The number of ether oxygens (including phenoxy) is 2. The first kappa shape index (κ1) is 49.1. The average Bonchev–Trinajstić information content (AvgIpc) is 3.66. The van der Waals surface area contributed by atoms with Crippen LogP contribution in [0.4, 0.5) is 4.39 Å². The van der Waals surface area contributed by atoms with Crippen LogP contribution in [-0.4, -0.2) is 113 Å². The maximum absolute atomic E-state index is 15.1. The highest BCUT2D eigenvalue weighted by Gasteiger charge is 2.43. The van der Waals surface area contributed by atoms with Crippen molar-refractivity contribution in [2.24, 2.45) is 13.0 Å². The van der Waals surface area contributed by atoms with E-state index in [9.17, 15) is 18.8 Å². The molecule has 4 aromatic carbocycles. The molecule has 67 heavy (non-hydrogen) atoms. The van der Waals surface area contributed by atoms with Gasteiger partial charge < -0.3 is 39.4 Å². The quantitative estimate of drug-likeness (QED) is 0.111. The molecule has 354 valence electrons. The lowest BCUT2D eigenvalue weighted by atomic mass is 9.81. The lowest BCUT2D eigenvalue weighted by molar-refractivity contribution is -0.148. The predicted molar refractivity (Wildman–Crippen MR) is 256 cm³/mol. The van der Waals surface area contributed by atoms with Gasteiger partial charge in [-0.3, -0.25) is 23.6 Å². The SMILES string of the molecule is COCC1NC(=O)C(CCF)N(Cc2ccc(Cl)cc2Oc2ccc(-c3cnc(CN(C)C)n3C)cc2)C(=O)CC(Cc2ccccc2)C(=O)N2CCCC(Cc3ccc(Cl)cc3)(C2)NC1=O. The van der Waals surface area contributed by atoms with E-state index in [4.69, 9.17) is 32.7 Å². The van der Waals surface area contributed by atoms with E-state index in [1.807, 2.05) is 104 Å². The van der Waals surface area contributed by atoms with Crippen LogP contribution in [0.25, 0.3) is 11.3 Å². The number of halogens is 3. The summed E-state index contributed by atoms with van der Waals surface area (Å²) in [6, 6.07) is 26.6. The first-order chi connectivity index (χ1) is 32.2. The van der Waals surface area contributed by atoms with Gasteiger partial charge in [-0.2, -0.15) is 0 Å². The van der Waals surface area contributed by atoms with E-state index in [1.165, 1.54) is 12.0 Å². The Bertz CT molecular complexity index is 2510. The van der Waals surface area contributed by atoms with Gasteiger partial charge in [0.15, 0.2) is 0 Å². The van der Waals surface area contributed by atoms with Gasteiger partial charge in [-0.1, -0.05) is 71.7 Å². The molecule has 4 atom stereocenters. The number of benzene rings is 4. The number of fused-ring (bicyclic) bond motifs is 2. The molecule has 2 bridgehead atoms. The molecule has 5 aromatic rings. The standard InChI is InChI=1S/C51H58Cl2FN7O6/c1-58(2)31-46-55-29-44(59(46)3)36-14-19-41(20-15-36)67-45-27-40(53)18-13-37(45)30-61-43(21-23-54)49(64)56-42(32-66-4)48(63)57-51(28-35-11-16-39(52)17-12-35)22-8-24-60(33-51)50(65)38(26-47(61)62)25-34-9-6-5-7-10-34/h5-7,9-20,27,29,38,42-43H,8,21-26,28,30-33H2,1-4H3,(H,56,64)(H,57,63). The molecule has 2 N–H and O–H groups in total. The summed E-state index contributed by atoms with van der Waals surface area (Å²) >= 11 is 12.8. The maximum atomic E-state index is 15.1. The second kappa shape index (κ2) is 22.3. The Morgan fingerprint density at radius 3 is 2.34 bits per heavy atom. The van der Waals surface area contributed by atoms with E-state index < -0.39 is 54.4 Å². The highest BCUT2D eigenvalue weighted by molar-refractivity contribution is 6.31. The molecule has 0 aliphatic carbocycles. The summed E-state index contributed by atoms with van der Waals surface area (Å²) in [5.74, 6) is -1.27. The monoisotopic (exact) mass is 953 g/mol. The molecule has 2 aliphatic heterocycles. The molecule has 2 saturated heterocycles. The Kier molecular flexibility index (Phi) is 16.4. The van der Waals surface area contributed by atoms with Crippen LogP contribution in [-0.2, 0) is 56.9 Å². The molecular formula is C51H58Cl2FN7O6. The normalized spacial score (nSPS) is 20.7. The number of hydrogen-bond donors (Lipinski definition) is 2. The van der Waals surface area contributed by atoms with Crippen molar-refractivity contribution >= 4 is 46.8 Å². The summed E-state index contributed by atoms with van der Waals surface area (Å²) in [6.07, 6.45) is 2.86. The van der Waals surface area contributed by atoms with Crippen molar-refractivity contribution in [1.29, 1.82) is 0 Å². The van der Waals surface area contributed by atoms with Crippen molar-refractivity contribution < 1.29 is 33.0 Å². The number of nitrogens with one attached hydrogen (secondary N) is 2. The number of hydrogen-bond acceptors (Lipinski definition) is 8. The summed E-state index contributed by atoms with van der Waals surface area (Å²) in [5.41, 5.74) is 3.12. The number of imidazole rings is 1. The summed E-state index contributed by atoms with van der Waals surface area (Å²) in [7, 11) is 7.35. The van der Waals surface area contributed by atoms with Gasteiger partial charge >= 0.3 is 0 Å². The maximum Gasteiger partial charge on any atom is 0.245 e. The number of methoxy groups -OCH3 is 1. The zero-order valence-corrected chi connectivity index (χ0v) is 39.9. The fourth-order valence-electron chi connectivity index (χ4n) is 9.11. The second-order valence-corrected chi connectivity index (χ2v) is 18.7. The van der Waals surface area contributed by atoms with Gasteiger partial charge in [0.1, 0.15) is 29.4 Å². The van der Waals surface area contributed by atoms with Crippen molar-refractivity contribution in [3.63, 3.8) is 0 Å². The van der Waals surface area contributed by atoms with Gasteiger partial charge in [0.05, 0.1) is 49.7 Å². The lowest BCUT2D eigenvalue weighted by Crippen LogP contribution is -2.65. The Morgan fingerprint density at radius 2 is 1.64 bits per heavy atom. The Hall–Kier alpha value is -5.80. The molecule has 13 nitrogen and oxygen atoms in total. The molecule has 16 heteroatoms. The summed E-state index contributed by atoms with van der Waals surface area (Å²) in [5, 5.41) is 6.97. The number of rotatable bonds is 15. The van der Waals surface area contributed by atoms with Crippen LogP contribution >= 0.6 is 23.2 Å². The number of piperidine rings is 1. The first-order valence-electron chi connectivity index (χ1n) is 22.5. The Balaban J connectivity index is 1.25. The van der Waals surface area contributed by atoms with E-state index in [0.29, 0.717) is 59.5 Å². The zero-order chi connectivity index (χ0) is 47.7. The molecule has 2 aliphatic rings. The van der Waals surface area contributed by atoms with E-state index in [2.05, 4.69) is 15.6 Å². The van der Waals surface area contributed by atoms with Crippen molar-refractivity contribution in [2.75, 3.05) is 47.6 Å². The van der Waals surface area contributed by atoms with Crippen molar-refractivity contribution in [2.45, 2.75) is 69.2 Å². The van der Waals surface area contributed by atoms with E-state index in [0.717, 1.165) is 28.2 Å². The fourth-order valence-corrected chi connectivity index (χ4v) is 9.40. The largest absolute Gasteiger partial charge is 0.457 e. The van der Waals surface area contributed by atoms with Crippen LogP contribution in [0, 0.1) is 5.92 Å². The number of amides is 4. The van der Waals surface area contributed by atoms with Crippen LogP contribution < -0.4 is 15.4 Å². The fraction of sp³-hybridized carbons (Fsp3) is 0.392. The molecule has 3 heterocycles. The summed E-state index contributed by atoms with van der Waals surface area (Å²) in [6.45, 7) is -0.134. The number of alkyl halides is 1. The third kappa shape index (κ3) is 12.4. The van der Waals surface area contributed by atoms with E-state index in [1.54, 1.807) is 35.2 Å². The van der Waals surface area contributed by atoms with E-state index >= 15 is 4.79 Å². The average molecular weight is 955 g/mol. The van der Waals surface area contributed by atoms with Gasteiger partial charge in [-0.25, -0.2) is 4.98 Å². The summed E-state index contributed by atoms with van der Waals surface area (Å²) < 4.78 is 28.7. The summed E-state index contributed by atoms with van der Waals surface area (Å²) in [4.78, 5) is 68.8. The van der Waals surface area contributed by atoms with Crippen molar-refractivity contribution in [3.8, 4) is 22.8 Å². The minimum Gasteiger partial charge on any atom is -0.457 e. The second-order valence-electron chi connectivity index (χ2n) is 17.8. The van der Waals surface area contributed by atoms with Crippen LogP contribution in [0.5, 0.6) is 11.5 Å². The molecular weight excluding hydrogens is 897 g/mol. The number of carbonyl (C=O) groups excluding carboxylic acids is 4. The van der Waals surface area contributed by atoms with Gasteiger partial charge in [-0.15, -0.1) is 0 Å². The molecule has 0 spiro atoms. The van der Waals surface area contributed by atoms with Gasteiger partial charge in [0.25, 0.3) is 0 Å². The van der Waals surface area contributed by atoms with Crippen LogP contribution in [0.15, 0.2) is 103 Å². The number of aromatic nitrogens is 2. The van der Waals surface area contributed by atoms with E-state index in [-0.39, 0.29) is 38.4 Å². The van der Waals surface area contributed by atoms with Crippen molar-refractivity contribution in [3.05, 3.63) is 136 Å². The smallest absolute Gasteiger partial charge is 0.245 e. The first-order valence-corrected chi connectivity index (χ1v) is 23.3.